The number of thioether (sulfide) groups is 1. The molecule has 21 heavy (non-hydrogen) atoms. The lowest BCUT2D eigenvalue weighted by Crippen LogP contribution is -2.29. The predicted octanol–water partition coefficient (Wildman–Crippen LogP) is 4.38. The number of halogens is 1. The van der Waals surface area contributed by atoms with Crippen LogP contribution in [-0.4, -0.2) is 27.7 Å². The van der Waals surface area contributed by atoms with E-state index in [1.165, 1.54) is 4.90 Å². The minimum Gasteiger partial charge on any atom is -0.507 e. The predicted molar refractivity (Wildman–Crippen MR) is 88.0 cm³/mol. The minimum absolute atomic E-state index is 0.139. The zero-order valence-corrected chi connectivity index (χ0v) is 14.0. The van der Waals surface area contributed by atoms with E-state index in [2.05, 4.69) is 22.9 Å². The number of rotatable bonds is 5. The third kappa shape index (κ3) is 3.89. The largest absolute Gasteiger partial charge is 0.507 e. The number of amides is 2. The van der Waals surface area contributed by atoms with E-state index in [0.29, 0.717) is 15.9 Å². The van der Waals surface area contributed by atoms with Crippen LogP contribution < -0.4 is 0 Å². The van der Waals surface area contributed by atoms with Gasteiger partial charge in [-0.15, -0.1) is 0 Å². The number of carbonyl (C=O) groups is 2. The first-order chi connectivity index (χ1) is 10.0. The summed E-state index contributed by atoms with van der Waals surface area (Å²) in [5.41, 5.74) is 0.763. The van der Waals surface area contributed by atoms with Gasteiger partial charge < -0.3 is 5.11 Å². The van der Waals surface area contributed by atoms with E-state index in [4.69, 9.17) is 0 Å². The Morgan fingerprint density at radius 3 is 2.76 bits per heavy atom. The highest BCUT2D eigenvalue weighted by molar-refractivity contribution is 9.10. The number of hydrogen-bond acceptors (Lipinski definition) is 4. The highest BCUT2D eigenvalue weighted by Crippen LogP contribution is 2.33. The van der Waals surface area contributed by atoms with Crippen molar-refractivity contribution in [3.8, 4) is 5.75 Å². The molecule has 0 bridgehead atoms. The Morgan fingerprint density at radius 2 is 2.10 bits per heavy atom. The third-order valence-corrected chi connectivity index (χ3v) is 4.67. The first-order valence-corrected chi connectivity index (χ1v) is 8.37. The van der Waals surface area contributed by atoms with Crippen LogP contribution in [0.4, 0.5) is 4.79 Å². The van der Waals surface area contributed by atoms with Crippen molar-refractivity contribution in [1.82, 2.24) is 4.90 Å². The summed E-state index contributed by atoms with van der Waals surface area (Å²) in [6.45, 7) is 2.56. The maximum atomic E-state index is 12.2. The van der Waals surface area contributed by atoms with Crippen LogP contribution in [0.15, 0.2) is 27.6 Å². The Balaban J connectivity index is 2.13. The zero-order chi connectivity index (χ0) is 15.4. The summed E-state index contributed by atoms with van der Waals surface area (Å²) in [5.74, 6) is -0.0925. The summed E-state index contributed by atoms with van der Waals surface area (Å²) in [6, 6.07) is 4.95. The fourth-order valence-electron chi connectivity index (χ4n) is 1.98. The summed E-state index contributed by atoms with van der Waals surface area (Å²) in [6.07, 6.45) is 4.57. The van der Waals surface area contributed by atoms with Crippen molar-refractivity contribution in [2.24, 2.45) is 0 Å². The number of imide groups is 1. The van der Waals surface area contributed by atoms with Crippen molar-refractivity contribution in [3.63, 3.8) is 0 Å². The van der Waals surface area contributed by atoms with Gasteiger partial charge >= 0.3 is 0 Å². The molecule has 1 aliphatic heterocycles. The molecule has 1 N–H and O–H groups in total. The van der Waals surface area contributed by atoms with Crippen LogP contribution in [0.2, 0.25) is 0 Å². The van der Waals surface area contributed by atoms with Crippen molar-refractivity contribution >= 4 is 44.9 Å². The molecule has 0 aromatic heterocycles. The van der Waals surface area contributed by atoms with Gasteiger partial charge in [0.05, 0.1) is 9.38 Å². The molecular weight excluding hydrogens is 354 g/mol. The summed E-state index contributed by atoms with van der Waals surface area (Å²) in [4.78, 5) is 25.8. The molecule has 0 saturated carbocycles. The number of hydrogen-bond donors (Lipinski definition) is 1. The highest BCUT2D eigenvalue weighted by Gasteiger charge is 2.34. The molecule has 1 heterocycles. The van der Waals surface area contributed by atoms with Gasteiger partial charge in [0, 0.05) is 6.54 Å². The van der Waals surface area contributed by atoms with Gasteiger partial charge in [0.25, 0.3) is 11.1 Å². The highest BCUT2D eigenvalue weighted by atomic mass is 79.9. The van der Waals surface area contributed by atoms with Crippen LogP contribution in [0.3, 0.4) is 0 Å². The molecule has 1 aromatic rings. The van der Waals surface area contributed by atoms with Crippen LogP contribution in [-0.2, 0) is 4.79 Å². The van der Waals surface area contributed by atoms with Crippen LogP contribution in [0.1, 0.15) is 31.7 Å². The molecule has 2 rings (SSSR count). The summed E-state index contributed by atoms with van der Waals surface area (Å²) in [7, 11) is 0. The van der Waals surface area contributed by atoms with Crippen LogP contribution in [0, 0.1) is 0 Å². The maximum Gasteiger partial charge on any atom is 0.293 e. The molecule has 1 saturated heterocycles. The first-order valence-electron chi connectivity index (χ1n) is 6.77. The summed E-state index contributed by atoms with van der Waals surface area (Å²) in [5, 5.41) is 9.25. The van der Waals surface area contributed by atoms with E-state index in [1.54, 1.807) is 24.3 Å². The molecule has 0 atom stereocenters. The average molecular weight is 370 g/mol. The van der Waals surface area contributed by atoms with Gasteiger partial charge in [-0.2, -0.15) is 0 Å². The van der Waals surface area contributed by atoms with Crippen molar-refractivity contribution in [2.45, 2.75) is 26.2 Å². The lowest BCUT2D eigenvalue weighted by molar-refractivity contribution is -0.122. The Morgan fingerprint density at radius 1 is 1.33 bits per heavy atom. The molecule has 0 aliphatic carbocycles. The van der Waals surface area contributed by atoms with E-state index >= 15 is 0 Å². The lowest BCUT2D eigenvalue weighted by atomic mass is 10.2. The van der Waals surface area contributed by atoms with E-state index in [9.17, 15) is 14.7 Å². The van der Waals surface area contributed by atoms with Crippen molar-refractivity contribution in [3.05, 3.63) is 33.1 Å². The van der Waals surface area contributed by atoms with E-state index in [1.807, 2.05) is 0 Å². The number of unbranched alkanes of at least 4 members (excludes halogenated alkanes) is 2. The first kappa shape index (κ1) is 16.1. The molecule has 2 amide bonds. The fraction of sp³-hybridized carbons (Fsp3) is 0.333. The second kappa shape index (κ2) is 7.13. The molecule has 0 spiro atoms. The Labute approximate surface area is 136 Å². The monoisotopic (exact) mass is 369 g/mol. The van der Waals surface area contributed by atoms with E-state index in [0.717, 1.165) is 36.6 Å². The molecule has 1 aromatic carbocycles. The number of carbonyl (C=O) groups excluding carboxylic acids is 2. The molecule has 0 radical (unpaired) electrons. The van der Waals surface area contributed by atoms with E-state index < -0.39 is 0 Å². The van der Waals surface area contributed by atoms with Crippen LogP contribution in [0.5, 0.6) is 5.75 Å². The van der Waals surface area contributed by atoms with Crippen LogP contribution >= 0.6 is 27.7 Å². The third-order valence-electron chi connectivity index (χ3n) is 3.13. The molecule has 112 valence electrons. The normalized spacial score (nSPS) is 17.0. The minimum atomic E-state index is -0.231. The number of benzene rings is 1. The molecule has 6 heteroatoms. The van der Waals surface area contributed by atoms with Gasteiger partial charge in [-0.05, 0) is 57.9 Å². The number of nitrogens with zero attached hydrogens (tertiary/aromatic N) is 1. The second-order valence-corrected chi connectivity index (χ2v) is 6.60. The van der Waals surface area contributed by atoms with Crippen molar-refractivity contribution < 1.29 is 14.7 Å². The lowest BCUT2D eigenvalue weighted by Gasteiger charge is -2.11. The zero-order valence-electron chi connectivity index (χ0n) is 11.6. The molecule has 0 unspecified atom stereocenters. The molecule has 1 fully saturated rings. The summed E-state index contributed by atoms with van der Waals surface area (Å²) >= 11 is 4.19. The van der Waals surface area contributed by atoms with Gasteiger partial charge in [0.15, 0.2) is 0 Å². The smallest absolute Gasteiger partial charge is 0.293 e. The maximum absolute atomic E-state index is 12.2. The van der Waals surface area contributed by atoms with Crippen LogP contribution in [0.25, 0.3) is 6.08 Å². The van der Waals surface area contributed by atoms with Gasteiger partial charge in [0.1, 0.15) is 5.75 Å². The fourth-order valence-corrected chi connectivity index (χ4v) is 3.24. The molecular formula is C15H16BrNO3S. The summed E-state index contributed by atoms with van der Waals surface area (Å²) < 4.78 is 0.554. The SMILES string of the molecule is CCCCCN1C(=O)SC(=Cc2ccc(O)c(Br)c2)C1=O. The standard InChI is InChI=1S/C15H16BrNO3S/c1-2-3-4-7-17-14(19)13(21-15(17)20)9-10-5-6-12(18)11(16)8-10/h5-6,8-9,18H,2-4,7H2,1H3. The average Bonchev–Trinajstić information content (AvgIpc) is 2.70. The molecule has 4 nitrogen and oxygen atoms in total. The van der Waals surface area contributed by atoms with Gasteiger partial charge in [-0.1, -0.05) is 25.8 Å². The Kier molecular flexibility index (Phi) is 5.47. The Bertz CT molecular complexity index is 601. The van der Waals surface area contributed by atoms with E-state index in [-0.39, 0.29) is 16.9 Å². The number of aromatic hydroxyl groups is 1. The number of phenols is 1. The van der Waals surface area contributed by atoms with Gasteiger partial charge in [-0.25, -0.2) is 0 Å². The Hall–Kier alpha value is -1.27. The quantitative estimate of drug-likeness (QED) is 0.617. The molecule has 1 aliphatic rings. The van der Waals surface area contributed by atoms with Crippen molar-refractivity contribution in [2.75, 3.05) is 6.54 Å². The number of phenolic OH excluding ortho intramolecular Hbond substituents is 1. The van der Waals surface area contributed by atoms with Gasteiger partial charge in [-0.3, -0.25) is 14.5 Å². The topological polar surface area (TPSA) is 57.6 Å². The second-order valence-electron chi connectivity index (χ2n) is 4.75. The van der Waals surface area contributed by atoms with Gasteiger partial charge in [0.2, 0.25) is 0 Å². The van der Waals surface area contributed by atoms with Crippen molar-refractivity contribution in [1.29, 1.82) is 0 Å².